The van der Waals surface area contributed by atoms with Gasteiger partial charge in [-0.2, -0.15) is 0 Å². The minimum absolute atomic E-state index is 0.646. The molecule has 41 heavy (non-hydrogen) atoms. The Bertz CT molecular complexity index is 2290. The predicted octanol–water partition coefficient (Wildman–Crippen LogP) is 9.13. The zero-order valence-electron chi connectivity index (χ0n) is 23.0. The van der Waals surface area contributed by atoms with E-state index < -0.39 is 0 Å². The summed E-state index contributed by atoms with van der Waals surface area (Å²) in [6.07, 6.45) is 0. The number of para-hydroxylation sites is 2. The van der Waals surface area contributed by atoms with E-state index in [0.29, 0.717) is 5.71 Å². The molecule has 8 aromatic rings. The van der Waals surface area contributed by atoms with Gasteiger partial charge in [-0.15, -0.1) is 0 Å². The molecular formula is C36H26N4O. The molecule has 196 valence electrons. The van der Waals surface area contributed by atoms with Gasteiger partial charge in [0.15, 0.2) is 0 Å². The van der Waals surface area contributed by atoms with Crippen LogP contribution in [0.1, 0.15) is 17.0 Å². The zero-order valence-corrected chi connectivity index (χ0v) is 23.0. The molecule has 0 spiro atoms. The maximum atomic E-state index is 6.50. The molecule has 5 heteroatoms. The number of nitrogens with zero attached hydrogens (tertiary/aromatic N) is 4. The van der Waals surface area contributed by atoms with Gasteiger partial charge in [0.25, 0.3) is 0 Å². The van der Waals surface area contributed by atoms with Crippen LogP contribution >= 0.6 is 0 Å². The van der Waals surface area contributed by atoms with Crippen molar-refractivity contribution >= 4 is 44.0 Å². The number of hydrogen-bond donors (Lipinski definition) is 0. The predicted molar refractivity (Wildman–Crippen MR) is 167 cm³/mol. The average Bonchev–Trinajstić information content (AvgIpc) is 3.56. The van der Waals surface area contributed by atoms with Crippen molar-refractivity contribution in [3.63, 3.8) is 0 Å². The van der Waals surface area contributed by atoms with Gasteiger partial charge in [0, 0.05) is 33.1 Å². The van der Waals surface area contributed by atoms with E-state index in [2.05, 4.69) is 109 Å². The molecule has 4 aromatic heterocycles. The Morgan fingerprint density at radius 1 is 0.610 bits per heavy atom. The van der Waals surface area contributed by atoms with Crippen LogP contribution in [0.2, 0.25) is 0 Å². The third-order valence-corrected chi connectivity index (χ3v) is 8.03. The van der Waals surface area contributed by atoms with Gasteiger partial charge in [-0.05, 0) is 74.4 Å². The van der Waals surface area contributed by atoms with Crippen molar-refractivity contribution in [3.05, 3.63) is 120 Å². The van der Waals surface area contributed by atoms with E-state index in [1.165, 1.54) is 0 Å². The van der Waals surface area contributed by atoms with Gasteiger partial charge in [-0.3, -0.25) is 9.55 Å². The largest absolute Gasteiger partial charge is 0.437 e. The topological polar surface area (TPSA) is 56.7 Å². The first-order valence-corrected chi connectivity index (χ1v) is 13.8. The van der Waals surface area contributed by atoms with Crippen LogP contribution in [0, 0.1) is 20.8 Å². The van der Waals surface area contributed by atoms with E-state index in [1.54, 1.807) is 0 Å². The SMILES string of the molecule is Cc1ccc2c(ccc3nc(-c4cccc5c4oc4nc(C)c(C)cc45)n(-c4ccccc4-c4ccccc4)c32)n1. The molecule has 0 aliphatic rings. The van der Waals surface area contributed by atoms with Crippen molar-refractivity contribution in [3.8, 4) is 28.2 Å². The van der Waals surface area contributed by atoms with Crippen LogP contribution in [0.5, 0.6) is 0 Å². The number of fused-ring (bicyclic) bond motifs is 6. The third-order valence-electron chi connectivity index (χ3n) is 8.03. The van der Waals surface area contributed by atoms with Gasteiger partial charge in [-0.25, -0.2) is 9.97 Å². The smallest absolute Gasteiger partial charge is 0.227 e. The molecule has 0 saturated carbocycles. The summed E-state index contributed by atoms with van der Waals surface area (Å²) in [5, 5.41) is 3.10. The van der Waals surface area contributed by atoms with Crippen molar-refractivity contribution in [2.45, 2.75) is 20.8 Å². The lowest BCUT2D eigenvalue weighted by molar-refractivity contribution is 0.652. The second-order valence-corrected chi connectivity index (χ2v) is 10.6. The van der Waals surface area contributed by atoms with E-state index in [4.69, 9.17) is 19.4 Å². The van der Waals surface area contributed by atoms with Crippen molar-refractivity contribution in [1.82, 2.24) is 19.5 Å². The maximum absolute atomic E-state index is 6.50. The number of pyridine rings is 2. The van der Waals surface area contributed by atoms with E-state index in [0.717, 1.165) is 83.4 Å². The molecule has 0 fully saturated rings. The van der Waals surface area contributed by atoms with Crippen LogP contribution in [0.3, 0.4) is 0 Å². The highest BCUT2D eigenvalue weighted by Gasteiger charge is 2.23. The van der Waals surface area contributed by atoms with Gasteiger partial charge in [0.2, 0.25) is 5.71 Å². The van der Waals surface area contributed by atoms with Gasteiger partial charge in [0.05, 0.1) is 27.8 Å². The standard InChI is InChI=1S/C36H26N4O/c1-21-20-29-26-13-9-14-28(34(26)41-36(29)38-23(21)3)35-39-31-19-18-30-27(17-16-22(2)37-30)33(31)40(35)32-15-8-7-12-25(32)24-10-5-4-6-11-24/h4-20H,1-3H3. The Hall–Kier alpha value is -5.29. The van der Waals surface area contributed by atoms with E-state index in [9.17, 15) is 0 Å². The van der Waals surface area contributed by atoms with Crippen molar-refractivity contribution in [1.29, 1.82) is 0 Å². The second-order valence-electron chi connectivity index (χ2n) is 10.6. The molecule has 4 heterocycles. The van der Waals surface area contributed by atoms with Crippen LogP contribution in [-0.4, -0.2) is 19.5 Å². The fourth-order valence-electron chi connectivity index (χ4n) is 5.91. The van der Waals surface area contributed by atoms with E-state index in [-0.39, 0.29) is 0 Å². The van der Waals surface area contributed by atoms with Crippen molar-refractivity contribution < 1.29 is 4.42 Å². The number of hydrogen-bond acceptors (Lipinski definition) is 4. The molecule has 0 atom stereocenters. The van der Waals surface area contributed by atoms with Crippen LogP contribution in [0.25, 0.3) is 72.2 Å². The summed E-state index contributed by atoms with van der Waals surface area (Å²) in [6, 6.07) is 35.8. The summed E-state index contributed by atoms with van der Waals surface area (Å²) in [5.41, 5.74) is 11.6. The second kappa shape index (κ2) is 8.86. The van der Waals surface area contributed by atoms with Crippen molar-refractivity contribution in [2.75, 3.05) is 0 Å². The van der Waals surface area contributed by atoms with Gasteiger partial charge in [0.1, 0.15) is 11.4 Å². The first-order valence-electron chi connectivity index (χ1n) is 13.8. The molecular weight excluding hydrogens is 504 g/mol. The fraction of sp³-hybridized carbons (Fsp3) is 0.0833. The molecule has 0 aliphatic carbocycles. The molecule has 4 aromatic carbocycles. The number of imidazole rings is 1. The molecule has 0 N–H and O–H groups in total. The number of aromatic nitrogens is 4. The zero-order chi connectivity index (χ0) is 27.7. The number of aryl methyl sites for hydroxylation is 3. The summed E-state index contributed by atoms with van der Waals surface area (Å²) in [6.45, 7) is 6.13. The Morgan fingerprint density at radius 2 is 1.39 bits per heavy atom. The molecule has 0 unspecified atom stereocenters. The molecule has 0 bridgehead atoms. The third kappa shape index (κ3) is 3.59. The Morgan fingerprint density at radius 3 is 2.27 bits per heavy atom. The lowest BCUT2D eigenvalue weighted by atomic mass is 10.0. The lowest BCUT2D eigenvalue weighted by Gasteiger charge is -2.16. The molecule has 0 saturated heterocycles. The highest BCUT2D eigenvalue weighted by atomic mass is 16.3. The summed E-state index contributed by atoms with van der Waals surface area (Å²) in [4.78, 5) is 14.9. The molecule has 5 nitrogen and oxygen atoms in total. The summed E-state index contributed by atoms with van der Waals surface area (Å²) in [5.74, 6) is 0.814. The summed E-state index contributed by atoms with van der Waals surface area (Å²) >= 11 is 0. The quantitative estimate of drug-likeness (QED) is 0.229. The lowest BCUT2D eigenvalue weighted by Crippen LogP contribution is -2.01. The highest BCUT2D eigenvalue weighted by molar-refractivity contribution is 6.10. The fourth-order valence-corrected chi connectivity index (χ4v) is 5.91. The van der Waals surface area contributed by atoms with Crippen LogP contribution in [0.4, 0.5) is 0 Å². The molecule has 0 amide bonds. The minimum Gasteiger partial charge on any atom is -0.437 e. The van der Waals surface area contributed by atoms with Crippen molar-refractivity contribution in [2.24, 2.45) is 0 Å². The Labute approximate surface area is 236 Å². The van der Waals surface area contributed by atoms with Crippen LogP contribution in [0.15, 0.2) is 108 Å². The van der Waals surface area contributed by atoms with Crippen LogP contribution < -0.4 is 0 Å². The maximum Gasteiger partial charge on any atom is 0.227 e. The van der Waals surface area contributed by atoms with Gasteiger partial charge < -0.3 is 4.42 Å². The normalized spacial score (nSPS) is 11.8. The first kappa shape index (κ1) is 23.6. The molecule has 0 aliphatic heterocycles. The first-order chi connectivity index (χ1) is 20.1. The Kier molecular flexibility index (Phi) is 5.10. The number of benzene rings is 4. The Balaban J connectivity index is 1.53. The monoisotopic (exact) mass is 530 g/mol. The minimum atomic E-state index is 0.646. The average molecular weight is 531 g/mol. The van der Waals surface area contributed by atoms with E-state index in [1.807, 2.05) is 19.9 Å². The van der Waals surface area contributed by atoms with Gasteiger partial charge in [-0.1, -0.05) is 60.7 Å². The number of furan rings is 1. The van der Waals surface area contributed by atoms with E-state index >= 15 is 0 Å². The summed E-state index contributed by atoms with van der Waals surface area (Å²) < 4.78 is 8.78. The number of rotatable bonds is 3. The van der Waals surface area contributed by atoms with Crippen LogP contribution in [-0.2, 0) is 0 Å². The van der Waals surface area contributed by atoms with Gasteiger partial charge >= 0.3 is 0 Å². The molecule has 8 rings (SSSR count). The highest BCUT2D eigenvalue weighted by Crippen LogP contribution is 2.40. The molecule has 0 radical (unpaired) electrons. The summed E-state index contributed by atoms with van der Waals surface area (Å²) in [7, 11) is 0.